The zero-order valence-corrected chi connectivity index (χ0v) is 18.3. The normalized spacial score (nSPS) is 21.4. The number of quaternary nitrogens is 1. The molecule has 31 heavy (non-hydrogen) atoms. The minimum absolute atomic E-state index is 0.0296. The van der Waals surface area contributed by atoms with Crippen LogP contribution in [0.4, 0.5) is 5.69 Å². The van der Waals surface area contributed by atoms with Gasteiger partial charge >= 0.3 is 0 Å². The van der Waals surface area contributed by atoms with Gasteiger partial charge in [-0.1, -0.05) is 18.2 Å². The summed E-state index contributed by atoms with van der Waals surface area (Å²) in [4.78, 5) is 25.8. The number of nitrogens with zero attached hydrogens (tertiary/aromatic N) is 1. The number of fused-ring (bicyclic) bond motifs is 2. The first-order chi connectivity index (χ1) is 14.7. The Hall–Kier alpha value is -3.26. The van der Waals surface area contributed by atoms with Gasteiger partial charge in [-0.05, 0) is 36.6 Å². The molecule has 4 rings (SSSR count). The second-order valence-corrected chi connectivity index (χ2v) is 8.45. The maximum Gasteiger partial charge on any atom is 0.287 e. The van der Waals surface area contributed by atoms with E-state index in [1.54, 1.807) is 7.11 Å². The van der Waals surface area contributed by atoms with E-state index in [-0.39, 0.29) is 23.7 Å². The molecule has 0 bridgehead atoms. The average Bonchev–Trinajstić information content (AvgIpc) is 3.16. The van der Waals surface area contributed by atoms with Crippen molar-refractivity contribution in [3.05, 3.63) is 46.5 Å². The summed E-state index contributed by atoms with van der Waals surface area (Å²) in [6.45, 7) is 4.60. The van der Waals surface area contributed by atoms with Gasteiger partial charge in [0.1, 0.15) is 0 Å². The third-order valence-electron chi connectivity index (χ3n) is 6.23. The van der Waals surface area contributed by atoms with Crippen LogP contribution in [-0.2, 0) is 16.0 Å². The third kappa shape index (κ3) is 3.57. The van der Waals surface area contributed by atoms with Crippen molar-refractivity contribution in [2.75, 3.05) is 39.4 Å². The second-order valence-electron chi connectivity index (χ2n) is 8.45. The number of anilines is 1. The molecule has 0 fully saturated rings. The maximum absolute atomic E-state index is 13.8. The van der Waals surface area contributed by atoms with Crippen LogP contribution in [0.3, 0.4) is 0 Å². The maximum atomic E-state index is 13.8. The number of carbonyl (C=O) groups excluding carboxylic acids is 2. The van der Waals surface area contributed by atoms with Crippen LogP contribution in [0.15, 0.2) is 24.3 Å². The predicted molar refractivity (Wildman–Crippen MR) is 115 cm³/mol. The first-order valence-electron chi connectivity index (χ1n) is 10.2. The van der Waals surface area contributed by atoms with Crippen molar-refractivity contribution in [1.82, 2.24) is 0 Å². The molecule has 2 aliphatic rings. The van der Waals surface area contributed by atoms with E-state index in [9.17, 15) is 9.59 Å². The molecule has 2 heterocycles. The lowest BCUT2D eigenvalue weighted by atomic mass is 9.88. The van der Waals surface area contributed by atoms with Gasteiger partial charge in [0, 0.05) is 12.1 Å². The number of hydrogen-bond donors (Lipinski definition) is 2. The first kappa shape index (κ1) is 21.0. The van der Waals surface area contributed by atoms with Gasteiger partial charge in [0.05, 0.1) is 26.3 Å². The molecule has 1 unspecified atom stereocenters. The minimum atomic E-state index is -0.709. The number of carbonyl (C=O) groups is 2. The molecule has 3 N–H and O–H groups in total. The topological polar surface area (TPSA) is 99.9 Å². The average molecular weight is 426 g/mol. The smallest absolute Gasteiger partial charge is 0.287 e. The molecule has 8 nitrogen and oxygen atoms in total. The fourth-order valence-electron chi connectivity index (χ4n) is 4.75. The molecule has 164 valence electrons. The van der Waals surface area contributed by atoms with Crippen molar-refractivity contribution in [1.29, 1.82) is 0 Å². The van der Waals surface area contributed by atoms with E-state index in [1.165, 1.54) is 0 Å². The molecule has 2 aromatic rings. The summed E-state index contributed by atoms with van der Waals surface area (Å²) in [5.74, 6) is 0.879. The number of amides is 2. The Labute approximate surface area is 181 Å². The van der Waals surface area contributed by atoms with E-state index in [1.807, 2.05) is 45.2 Å². The van der Waals surface area contributed by atoms with E-state index in [2.05, 4.69) is 5.32 Å². The molecule has 2 aliphatic heterocycles. The number of nitrogens with one attached hydrogen (secondary N) is 1. The third-order valence-corrected chi connectivity index (χ3v) is 6.23. The highest BCUT2D eigenvalue weighted by molar-refractivity contribution is 5.97. The van der Waals surface area contributed by atoms with E-state index >= 15 is 0 Å². The SMILES string of the molecule is COc1c2c(cc3c1[C@@H](C(=O)Nc1c(C)cccc1C)[N+](C)(CC(N)=O)CC3)OCO2. The standard InChI is InChI=1S/C23H27N3O5/c1-13-6-5-7-14(2)19(13)25-23(28)20-18-15(8-9-26(20,3)11-17(24)27)10-16-21(22(18)29-4)31-12-30-16/h5-7,10,20H,8-9,11-12H2,1-4H3,(H2-,24,25,27,28)/p+1/t20-,26?/m0/s1. The fourth-order valence-corrected chi connectivity index (χ4v) is 4.75. The van der Waals surface area contributed by atoms with Gasteiger partial charge in [-0.3, -0.25) is 9.59 Å². The highest BCUT2D eigenvalue weighted by Gasteiger charge is 2.48. The summed E-state index contributed by atoms with van der Waals surface area (Å²) in [5, 5.41) is 3.10. The Balaban J connectivity index is 1.86. The Morgan fingerprint density at radius 3 is 2.61 bits per heavy atom. The summed E-state index contributed by atoms with van der Waals surface area (Å²) in [5.41, 5.74) is 9.95. The van der Waals surface area contributed by atoms with Crippen LogP contribution in [-0.4, -0.2) is 50.3 Å². The van der Waals surface area contributed by atoms with Crippen LogP contribution >= 0.6 is 0 Å². The van der Waals surface area contributed by atoms with Crippen molar-refractivity contribution in [2.45, 2.75) is 26.3 Å². The van der Waals surface area contributed by atoms with Gasteiger partial charge in [0.15, 0.2) is 24.1 Å². The zero-order valence-electron chi connectivity index (χ0n) is 18.3. The van der Waals surface area contributed by atoms with Crippen LogP contribution in [0.2, 0.25) is 0 Å². The number of ether oxygens (including phenoxy) is 3. The number of likely N-dealkylation sites (N-methyl/N-ethyl adjacent to an activating group) is 1. The van der Waals surface area contributed by atoms with E-state index < -0.39 is 11.9 Å². The van der Waals surface area contributed by atoms with Gasteiger partial charge in [-0.2, -0.15) is 0 Å². The van der Waals surface area contributed by atoms with Crippen molar-refractivity contribution in [3.63, 3.8) is 0 Å². The number of rotatable bonds is 5. The highest BCUT2D eigenvalue weighted by atomic mass is 16.7. The lowest BCUT2D eigenvalue weighted by molar-refractivity contribution is -0.924. The number of hydrogen-bond acceptors (Lipinski definition) is 5. The fraction of sp³-hybridized carbons (Fsp3) is 0.391. The lowest BCUT2D eigenvalue weighted by Crippen LogP contribution is -2.58. The molecule has 2 atom stereocenters. The predicted octanol–water partition coefficient (Wildman–Crippen LogP) is 2.21. The van der Waals surface area contributed by atoms with Crippen LogP contribution in [0.5, 0.6) is 17.2 Å². The van der Waals surface area contributed by atoms with Gasteiger partial charge in [-0.15, -0.1) is 0 Å². The van der Waals surface area contributed by atoms with E-state index in [4.69, 9.17) is 19.9 Å². The molecule has 2 amide bonds. The van der Waals surface area contributed by atoms with Crippen LogP contribution in [0.25, 0.3) is 0 Å². The Kier molecular flexibility index (Phi) is 5.26. The largest absolute Gasteiger partial charge is 0.492 e. The van der Waals surface area contributed by atoms with Crippen LogP contribution < -0.4 is 25.3 Å². The lowest BCUT2D eigenvalue weighted by Gasteiger charge is -2.44. The van der Waals surface area contributed by atoms with Crippen LogP contribution in [0, 0.1) is 13.8 Å². The van der Waals surface area contributed by atoms with Gasteiger partial charge in [0.2, 0.25) is 12.5 Å². The molecule has 0 aliphatic carbocycles. The van der Waals surface area contributed by atoms with Crippen molar-refractivity contribution in [2.24, 2.45) is 5.73 Å². The van der Waals surface area contributed by atoms with Gasteiger partial charge in [0.25, 0.3) is 11.8 Å². The summed E-state index contributed by atoms with van der Waals surface area (Å²) < 4.78 is 17.1. The molecular formula is C23H28N3O5+. The molecule has 0 spiro atoms. The Bertz CT molecular complexity index is 1050. The first-order valence-corrected chi connectivity index (χ1v) is 10.2. The van der Waals surface area contributed by atoms with Crippen molar-refractivity contribution in [3.8, 4) is 17.2 Å². The minimum Gasteiger partial charge on any atom is -0.492 e. The number of para-hydroxylation sites is 1. The highest BCUT2D eigenvalue weighted by Crippen LogP contribution is 2.51. The molecule has 0 saturated heterocycles. The Morgan fingerprint density at radius 2 is 1.97 bits per heavy atom. The zero-order chi connectivity index (χ0) is 22.3. The molecule has 2 aromatic carbocycles. The molecule has 8 heteroatoms. The van der Waals surface area contributed by atoms with E-state index in [0.29, 0.717) is 35.8 Å². The number of methoxy groups -OCH3 is 1. The molecule has 0 aromatic heterocycles. The summed E-state index contributed by atoms with van der Waals surface area (Å²) in [6, 6.07) is 7.06. The van der Waals surface area contributed by atoms with E-state index in [0.717, 1.165) is 22.4 Å². The molecular weight excluding hydrogens is 398 g/mol. The number of primary amides is 1. The second kappa shape index (κ2) is 7.77. The van der Waals surface area contributed by atoms with Gasteiger partial charge < -0.3 is 29.7 Å². The summed E-state index contributed by atoms with van der Waals surface area (Å²) in [6.07, 6.45) is 0.652. The quantitative estimate of drug-likeness (QED) is 0.714. The number of nitrogens with two attached hydrogens (primary N) is 1. The molecule has 0 radical (unpaired) electrons. The van der Waals surface area contributed by atoms with Crippen molar-refractivity contribution >= 4 is 17.5 Å². The summed E-state index contributed by atoms with van der Waals surface area (Å²) in [7, 11) is 3.43. The summed E-state index contributed by atoms with van der Waals surface area (Å²) >= 11 is 0. The molecule has 0 saturated carbocycles. The monoisotopic (exact) mass is 426 g/mol. The van der Waals surface area contributed by atoms with Crippen molar-refractivity contribution < 1.29 is 28.3 Å². The number of benzene rings is 2. The van der Waals surface area contributed by atoms with Crippen LogP contribution in [0.1, 0.15) is 28.3 Å². The Morgan fingerprint density at radius 1 is 1.26 bits per heavy atom. The number of aryl methyl sites for hydroxylation is 2. The van der Waals surface area contributed by atoms with Gasteiger partial charge in [-0.25, -0.2) is 0 Å².